The normalized spacial score (nSPS) is 27.7. The second kappa shape index (κ2) is 55.2. The van der Waals surface area contributed by atoms with E-state index >= 15 is 0 Å². The van der Waals surface area contributed by atoms with Gasteiger partial charge in [-0.2, -0.15) is 0 Å². The lowest BCUT2D eigenvalue weighted by Gasteiger charge is -2.49. The van der Waals surface area contributed by atoms with Gasteiger partial charge in [0.25, 0.3) is 0 Å². The molecule has 0 aromatic carbocycles. The average Bonchev–Trinajstić information content (AvgIpc) is 0.763. The zero-order valence-electron chi connectivity index (χ0n) is 60.1. The van der Waals surface area contributed by atoms with Crippen LogP contribution >= 0.6 is 7.82 Å². The Morgan fingerprint density at radius 3 is 1.11 bits per heavy atom. The SMILES string of the molecule is CCCCCCCCC/C=C\CCCCCC(=O)OCC(COP(=O)(O)OC1C(OC2OC(CO)C(O)C(O)C2O)C(O)C(O)C(O)C1OC1OC(COC(=O)CCCCCCCCCCCCCCCCCCC)C(O)C(O)C1O)OC(=O)CCCCCCCCCCCCCC. The van der Waals surface area contributed by atoms with Gasteiger partial charge in [-0.25, -0.2) is 4.57 Å². The third kappa shape index (κ3) is 37.9. The van der Waals surface area contributed by atoms with Crippen molar-refractivity contribution in [2.24, 2.45) is 0 Å². The zero-order chi connectivity index (χ0) is 71.8. The average molecular weight is 1430 g/mol. The van der Waals surface area contributed by atoms with Gasteiger partial charge in [0.1, 0.15) is 98.7 Å². The standard InChI is InChI=1S/C73H135O24P/c1-4-7-10-13-16-19-22-25-27-28-29-31-34-36-39-42-45-48-58(76)90-53-56-61(79)63(81)68(86)73(94-56)96-70-66(84)64(82)65(83)69(95-72-67(85)62(80)60(78)55(50-74)93-72)71(70)97-98(87,88)91-52-54(92-59(77)49-46-43-40-37-32-24-21-18-15-12-9-6-3)51-89-57(75)47-44-41-38-35-33-30-26-23-20-17-14-11-8-5-2/h30,33,54-56,60-74,78-86H,4-29,31-32,34-53H2,1-3H3,(H,87,88)/b33-30-. The summed E-state index contributed by atoms with van der Waals surface area (Å²) < 4.78 is 65.0. The molecule has 25 heteroatoms. The molecule has 0 spiro atoms. The summed E-state index contributed by atoms with van der Waals surface area (Å²) in [6.45, 7) is 3.44. The van der Waals surface area contributed by atoms with Gasteiger partial charge in [0.2, 0.25) is 0 Å². The van der Waals surface area contributed by atoms with Crippen LogP contribution in [0.3, 0.4) is 0 Å². The lowest BCUT2D eigenvalue weighted by atomic mass is 9.84. The van der Waals surface area contributed by atoms with Crippen LogP contribution in [0.1, 0.15) is 303 Å². The van der Waals surface area contributed by atoms with E-state index in [1.54, 1.807) is 0 Å². The maximum absolute atomic E-state index is 14.3. The molecule has 24 nitrogen and oxygen atoms in total. The van der Waals surface area contributed by atoms with Crippen LogP contribution in [0.4, 0.5) is 0 Å². The maximum atomic E-state index is 14.3. The Hall–Kier alpha value is -2.30. The quantitative estimate of drug-likeness (QED) is 0.00886. The Kier molecular flexibility index (Phi) is 50.7. The second-order valence-corrected chi connectivity index (χ2v) is 29.1. The molecule has 18 atom stereocenters. The Labute approximate surface area is 586 Å². The fraction of sp³-hybridized carbons (Fsp3) is 0.932. The summed E-state index contributed by atoms with van der Waals surface area (Å²) in [4.78, 5) is 51.0. The zero-order valence-corrected chi connectivity index (χ0v) is 61.0. The summed E-state index contributed by atoms with van der Waals surface area (Å²) >= 11 is 0. The van der Waals surface area contributed by atoms with E-state index in [0.29, 0.717) is 19.3 Å². The molecule has 18 unspecified atom stereocenters. The van der Waals surface area contributed by atoms with Gasteiger partial charge in [-0.3, -0.25) is 23.4 Å². The van der Waals surface area contributed by atoms with Gasteiger partial charge in [-0.1, -0.05) is 251 Å². The van der Waals surface area contributed by atoms with Gasteiger partial charge in [0.15, 0.2) is 18.7 Å². The van der Waals surface area contributed by atoms with E-state index in [9.17, 15) is 74.9 Å². The predicted molar refractivity (Wildman–Crippen MR) is 370 cm³/mol. The molecule has 0 radical (unpaired) electrons. The fourth-order valence-electron chi connectivity index (χ4n) is 12.8. The molecule has 2 saturated heterocycles. The van der Waals surface area contributed by atoms with Crippen molar-refractivity contribution in [2.45, 2.75) is 407 Å². The molecule has 2 aliphatic heterocycles. The van der Waals surface area contributed by atoms with Crippen LogP contribution in [-0.2, 0) is 61.2 Å². The van der Waals surface area contributed by atoms with Crippen LogP contribution in [0.25, 0.3) is 0 Å². The number of phosphoric acid groups is 1. The third-order valence-electron chi connectivity index (χ3n) is 19.0. The highest BCUT2D eigenvalue weighted by atomic mass is 31.2. The highest BCUT2D eigenvalue weighted by molar-refractivity contribution is 7.47. The van der Waals surface area contributed by atoms with Gasteiger partial charge >= 0.3 is 25.7 Å². The van der Waals surface area contributed by atoms with Crippen molar-refractivity contribution >= 4 is 25.7 Å². The molecule has 3 fully saturated rings. The van der Waals surface area contributed by atoms with Crippen molar-refractivity contribution in [2.75, 3.05) is 26.4 Å². The van der Waals surface area contributed by atoms with E-state index in [-0.39, 0.29) is 19.3 Å². The van der Waals surface area contributed by atoms with Crippen LogP contribution in [0.5, 0.6) is 0 Å². The van der Waals surface area contributed by atoms with Crippen molar-refractivity contribution in [1.29, 1.82) is 0 Å². The Morgan fingerprint density at radius 1 is 0.388 bits per heavy atom. The van der Waals surface area contributed by atoms with Gasteiger partial charge in [-0.05, 0) is 44.9 Å². The van der Waals surface area contributed by atoms with Crippen molar-refractivity contribution in [3.63, 3.8) is 0 Å². The molecule has 11 N–H and O–H groups in total. The summed E-state index contributed by atoms with van der Waals surface area (Å²) in [5.74, 6) is -2.00. The fourth-order valence-corrected chi connectivity index (χ4v) is 13.7. The molecule has 576 valence electrons. The highest BCUT2D eigenvalue weighted by Crippen LogP contribution is 2.49. The van der Waals surface area contributed by atoms with Crippen LogP contribution in [0.15, 0.2) is 12.2 Å². The Morgan fingerprint density at radius 2 is 0.714 bits per heavy atom. The number of carbonyl (C=O) groups is 3. The first kappa shape index (κ1) is 89.9. The van der Waals surface area contributed by atoms with E-state index in [2.05, 4.69) is 32.9 Å². The van der Waals surface area contributed by atoms with E-state index in [1.165, 1.54) is 148 Å². The first-order valence-corrected chi connectivity index (χ1v) is 40.0. The van der Waals surface area contributed by atoms with E-state index in [4.69, 9.17) is 42.2 Å². The van der Waals surface area contributed by atoms with Crippen LogP contribution in [0.2, 0.25) is 0 Å². The lowest BCUT2D eigenvalue weighted by Crippen LogP contribution is -2.69. The number of allylic oxidation sites excluding steroid dienone is 2. The predicted octanol–water partition coefficient (Wildman–Crippen LogP) is 10.7. The Balaban J connectivity index is 1.71. The van der Waals surface area contributed by atoms with E-state index < -0.39 is 156 Å². The molecule has 3 aliphatic rings. The molecule has 0 bridgehead atoms. The first-order chi connectivity index (χ1) is 47.3. The highest BCUT2D eigenvalue weighted by Gasteiger charge is 2.58. The number of hydrogen-bond acceptors (Lipinski definition) is 23. The number of unbranched alkanes of at least 4 members (excludes halogenated alkanes) is 37. The smallest absolute Gasteiger partial charge is 0.463 e. The third-order valence-corrected chi connectivity index (χ3v) is 20.0. The maximum Gasteiger partial charge on any atom is 0.472 e. The number of phosphoric ester groups is 1. The minimum absolute atomic E-state index is 0.0278. The molecule has 2 heterocycles. The van der Waals surface area contributed by atoms with Crippen molar-refractivity contribution in [1.82, 2.24) is 0 Å². The van der Waals surface area contributed by atoms with Crippen molar-refractivity contribution in [3.8, 4) is 0 Å². The van der Waals surface area contributed by atoms with E-state index in [0.717, 1.165) is 96.3 Å². The lowest BCUT2D eigenvalue weighted by molar-refractivity contribution is -0.360. The number of aliphatic hydroxyl groups is 10. The largest absolute Gasteiger partial charge is 0.472 e. The number of rotatable bonds is 60. The molecule has 0 aromatic rings. The summed E-state index contributed by atoms with van der Waals surface area (Å²) in [6, 6.07) is 0. The minimum atomic E-state index is -5.69. The monoisotopic (exact) mass is 1430 g/mol. The molecule has 0 aromatic heterocycles. The Bertz CT molecular complexity index is 2080. The van der Waals surface area contributed by atoms with Crippen LogP contribution in [0, 0.1) is 0 Å². The van der Waals surface area contributed by atoms with Crippen molar-refractivity contribution in [3.05, 3.63) is 12.2 Å². The number of hydrogen-bond donors (Lipinski definition) is 11. The molecule has 3 rings (SSSR count). The molecule has 1 aliphatic carbocycles. The van der Waals surface area contributed by atoms with Crippen molar-refractivity contribution < 1.29 is 117 Å². The number of ether oxygens (including phenoxy) is 7. The molecule has 98 heavy (non-hydrogen) atoms. The van der Waals surface area contributed by atoms with Crippen LogP contribution in [-0.4, -0.2) is 204 Å². The second-order valence-electron chi connectivity index (χ2n) is 27.7. The summed E-state index contributed by atoms with van der Waals surface area (Å²) in [7, 11) is -5.69. The van der Waals surface area contributed by atoms with Gasteiger partial charge in [0, 0.05) is 19.3 Å². The summed E-state index contributed by atoms with van der Waals surface area (Å²) in [6.07, 6.45) is 14.2. The van der Waals surface area contributed by atoms with Gasteiger partial charge in [-0.15, -0.1) is 0 Å². The molecular weight excluding hydrogens is 1290 g/mol. The molecule has 0 amide bonds. The summed E-state index contributed by atoms with van der Waals surface area (Å²) in [5, 5.41) is 110. The minimum Gasteiger partial charge on any atom is -0.463 e. The first-order valence-electron chi connectivity index (χ1n) is 38.5. The van der Waals surface area contributed by atoms with Gasteiger partial charge in [0.05, 0.1) is 13.2 Å². The van der Waals surface area contributed by atoms with Crippen LogP contribution < -0.4 is 0 Å². The van der Waals surface area contributed by atoms with Gasteiger partial charge < -0.3 is 89.1 Å². The topological polar surface area (TPSA) is 374 Å². The number of esters is 3. The summed E-state index contributed by atoms with van der Waals surface area (Å²) in [5.41, 5.74) is 0. The molecule has 1 saturated carbocycles. The number of aliphatic hydroxyl groups excluding tert-OH is 10. The van der Waals surface area contributed by atoms with E-state index in [1.807, 2.05) is 0 Å². The number of carbonyl (C=O) groups excluding carboxylic acids is 3. The molecular formula is C73H135O24P.